The van der Waals surface area contributed by atoms with Crippen molar-refractivity contribution in [2.75, 3.05) is 5.75 Å². The van der Waals surface area contributed by atoms with Crippen LogP contribution < -0.4 is 11.5 Å². The fourth-order valence-electron chi connectivity index (χ4n) is 0.663. The minimum Gasteiger partial charge on any atom is -0.368 e. The quantitative estimate of drug-likeness (QED) is 0.591. The maximum atomic E-state index is 10.6. The lowest BCUT2D eigenvalue weighted by Gasteiger charge is -2.05. The number of nitrogens with two attached hydrogens (primary N) is 2. The predicted molar refractivity (Wildman–Crippen MR) is 48.9 cm³/mol. The number of carbonyl (C=O) groups excluding carboxylic acids is 1. The molecule has 4 N–H and O–H groups in total. The Morgan fingerprint density at radius 1 is 1.85 bits per heavy atom. The number of aromatic nitrogens is 3. The lowest BCUT2D eigenvalue weighted by molar-refractivity contribution is -0.118. The molecule has 6 nitrogen and oxygen atoms in total. The monoisotopic (exact) mass is 201 g/mol. The van der Waals surface area contributed by atoms with Gasteiger partial charge in [0, 0.05) is 12.8 Å². The molecule has 1 heterocycles. The summed E-state index contributed by atoms with van der Waals surface area (Å²) < 4.78 is 1.61. The van der Waals surface area contributed by atoms with Crippen LogP contribution in [-0.2, 0) is 11.8 Å². The number of nitrogens with zero attached hydrogens (tertiary/aromatic N) is 3. The van der Waals surface area contributed by atoms with E-state index in [0.717, 1.165) is 5.16 Å². The van der Waals surface area contributed by atoms with Crippen LogP contribution in [0.25, 0.3) is 0 Å². The van der Waals surface area contributed by atoms with E-state index in [4.69, 9.17) is 11.5 Å². The molecule has 1 rings (SSSR count). The summed E-state index contributed by atoms with van der Waals surface area (Å²) in [6.07, 6.45) is 1.44. The molecule has 0 aliphatic rings. The molecule has 72 valence electrons. The van der Waals surface area contributed by atoms with Crippen molar-refractivity contribution in [2.45, 2.75) is 11.2 Å². The van der Waals surface area contributed by atoms with Crippen molar-refractivity contribution < 1.29 is 4.79 Å². The van der Waals surface area contributed by atoms with E-state index < -0.39 is 11.9 Å². The second-order valence-electron chi connectivity index (χ2n) is 2.49. The second kappa shape index (κ2) is 4.24. The van der Waals surface area contributed by atoms with Crippen LogP contribution in [0.1, 0.15) is 0 Å². The molecule has 0 fully saturated rings. The van der Waals surface area contributed by atoms with Gasteiger partial charge in [-0.1, -0.05) is 11.8 Å². The molecule has 0 radical (unpaired) electrons. The van der Waals surface area contributed by atoms with Crippen molar-refractivity contribution in [2.24, 2.45) is 18.5 Å². The molecule has 0 aliphatic heterocycles. The summed E-state index contributed by atoms with van der Waals surface area (Å²) in [6, 6.07) is -0.637. The van der Waals surface area contributed by atoms with E-state index in [1.54, 1.807) is 11.7 Å². The lowest BCUT2D eigenvalue weighted by atomic mass is 10.3. The normalized spacial score (nSPS) is 12.8. The highest BCUT2D eigenvalue weighted by atomic mass is 32.2. The smallest absolute Gasteiger partial charge is 0.235 e. The van der Waals surface area contributed by atoms with Crippen LogP contribution in [0.4, 0.5) is 0 Å². The first kappa shape index (κ1) is 10.0. The van der Waals surface area contributed by atoms with Gasteiger partial charge in [-0.25, -0.2) is 9.67 Å². The van der Waals surface area contributed by atoms with Gasteiger partial charge in [0.15, 0.2) is 5.16 Å². The molecule has 13 heavy (non-hydrogen) atoms. The first-order valence-corrected chi connectivity index (χ1v) is 4.61. The van der Waals surface area contributed by atoms with Gasteiger partial charge in [-0.05, 0) is 0 Å². The van der Waals surface area contributed by atoms with Gasteiger partial charge in [0.2, 0.25) is 5.91 Å². The third kappa shape index (κ3) is 2.71. The summed E-state index contributed by atoms with van der Waals surface area (Å²) in [6.45, 7) is 0. The van der Waals surface area contributed by atoms with E-state index in [9.17, 15) is 4.79 Å². The highest BCUT2D eigenvalue weighted by Gasteiger charge is 2.11. The van der Waals surface area contributed by atoms with E-state index in [0.29, 0.717) is 5.75 Å². The summed E-state index contributed by atoms with van der Waals surface area (Å²) in [5.74, 6) is -0.0864. The molecule has 1 atom stereocenters. The standard InChI is InChI=1S/C6H11N5OS/c1-11-6(9-3-10-11)13-2-4(7)5(8)12/h3-4H,2,7H2,1H3,(H2,8,12). The molecule has 1 aromatic rings. The minimum atomic E-state index is -0.637. The number of aryl methyl sites for hydroxylation is 1. The summed E-state index contributed by atoms with van der Waals surface area (Å²) >= 11 is 1.35. The Bertz CT molecular complexity index is 299. The largest absolute Gasteiger partial charge is 0.368 e. The molecule has 0 bridgehead atoms. The molecule has 0 saturated carbocycles. The van der Waals surface area contributed by atoms with Gasteiger partial charge in [-0.3, -0.25) is 4.79 Å². The molecular weight excluding hydrogens is 190 g/mol. The molecule has 0 spiro atoms. The fourth-order valence-corrected chi connectivity index (χ4v) is 1.51. The van der Waals surface area contributed by atoms with Crippen LogP contribution in [0.5, 0.6) is 0 Å². The van der Waals surface area contributed by atoms with E-state index in [1.165, 1.54) is 18.1 Å². The number of thioether (sulfide) groups is 1. The average molecular weight is 201 g/mol. The highest BCUT2D eigenvalue weighted by molar-refractivity contribution is 7.99. The predicted octanol–water partition coefficient (Wildman–Crippen LogP) is -1.28. The third-order valence-corrected chi connectivity index (χ3v) is 2.58. The Morgan fingerprint density at radius 3 is 3.00 bits per heavy atom. The molecule has 1 aromatic heterocycles. The summed E-state index contributed by atoms with van der Waals surface area (Å²) in [5, 5.41) is 4.59. The topological polar surface area (TPSA) is 99.8 Å². The van der Waals surface area contributed by atoms with E-state index in [-0.39, 0.29) is 0 Å². The lowest BCUT2D eigenvalue weighted by Crippen LogP contribution is -2.38. The van der Waals surface area contributed by atoms with E-state index in [1.807, 2.05) is 0 Å². The number of hydrogen-bond acceptors (Lipinski definition) is 5. The van der Waals surface area contributed by atoms with Gasteiger partial charge in [-0.15, -0.1) is 0 Å². The van der Waals surface area contributed by atoms with E-state index in [2.05, 4.69) is 10.1 Å². The Kier molecular flexibility index (Phi) is 3.26. The first-order valence-electron chi connectivity index (χ1n) is 3.63. The van der Waals surface area contributed by atoms with Crippen LogP contribution in [0.15, 0.2) is 11.5 Å². The summed E-state index contributed by atoms with van der Waals surface area (Å²) in [4.78, 5) is 14.5. The second-order valence-corrected chi connectivity index (χ2v) is 3.47. The Hall–Kier alpha value is -1.08. The van der Waals surface area contributed by atoms with Gasteiger partial charge < -0.3 is 11.5 Å². The average Bonchev–Trinajstić information content (AvgIpc) is 2.47. The SMILES string of the molecule is Cn1ncnc1SCC(N)C(N)=O. The third-order valence-electron chi connectivity index (χ3n) is 1.43. The van der Waals surface area contributed by atoms with Crippen molar-refractivity contribution in [1.29, 1.82) is 0 Å². The van der Waals surface area contributed by atoms with Gasteiger partial charge in [0.25, 0.3) is 0 Å². The zero-order valence-electron chi connectivity index (χ0n) is 7.17. The molecule has 0 aliphatic carbocycles. The molecular formula is C6H11N5OS. The minimum absolute atomic E-state index is 0.419. The van der Waals surface area contributed by atoms with Crippen LogP contribution in [0, 0.1) is 0 Å². The Morgan fingerprint density at radius 2 is 2.54 bits per heavy atom. The maximum absolute atomic E-state index is 10.6. The zero-order chi connectivity index (χ0) is 9.84. The fraction of sp³-hybridized carbons (Fsp3) is 0.500. The summed E-state index contributed by atoms with van der Waals surface area (Å²) in [7, 11) is 1.77. The number of hydrogen-bond donors (Lipinski definition) is 2. The maximum Gasteiger partial charge on any atom is 0.235 e. The zero-order valence-corrected chi connectivity index (χ0v) is 7.99. The van der Waals surface area contributed by atoms with E-state index >= 15 is 0 Å². The van der Waals surface area contributed by atoms with Crippen LogP contribution >= 0.6 is 11.8 Å². The Labute approximate surface area is 79.7 Å². The van der Waals surface area contributed by atoms with Crippen molar-refractivity contribution in [3.63, 3.8) is 0 Å². The molecule has 0 aromatic carbocycles. The first-order chi connectivity index (χ1) is 6.11. The number of carbonyl (C=O) groups is 1. The molecule has 1 amide bonds. The van der Waals surface area contributed by atoms with Crippen LogP contribution in [0.2, 0.25) is 0 Å². The number of amides is 1. The van der Waals surface area contributed by atoms with Crippen molar-refractivity contribution in [1.82, 2.24) is 14.8 Å². The van der Waals surface area contributed by atoms with Crippen molar-refractivity contribution >= 4 is 17.7 Å². The van der Waals surface area contributed by atoms with Crippen molar-refractivity contribution in [3.05, 3.63) is 6.33 Å². The summed E-state index contributed by atoms with van der Waals surface area (Å²) in [5.41, 5.74) is 10.4. The van der Waals surface area contributed by atoms with Crippen molar-refractivity contribution in [3.8, 4) is 0 Å². The highest BCUT2D eigenvalue weighted by Crippen LogP contribution is 2.13. The molecule has 0 saturated heterocycles. The Balaban J connectivity index is 2.44. The number of rotatable bonds is 4. The van der Waals surface area contributed by atoms with Crippen LogP contribution in [0.3, 0.4) is 0 Å². The van der Waals surface area contributed by atoms with Gasteiger partial charge in [0.05, 0.1) is 6.04 Å². The number of primary amides is 1. The van der Waals surface area contributed by atoms with Gasteiger partial charge in [-0.2, -0.15) is 5.10 Å². The van der Waals surface area contributed by atoms with Crippen LogP contribution in [-0.4, -0.2) is 32.5 Å². The van der Waals surface area contributed by atoms with Gasteiger partial charge >= 0.3 is 0 Å². The van der Waals surface area contributed by atoms with Gasteiger partial charge in [0.1, 0.15) is 6.33 Å². The molecule has 1 unspecified atom stereocenters. The molecule has 7 heteroatoms.